The summed E-state index contributed by atoms with van der Waals surface area (Å²) in [4.78, 5) is 27.8. The minimum atomic E-state index is -3.97. The third kappa shape index (κ3) is 4.83. The molecule has 0 amide bonds. The number of hydrogen-bond acceptors (Lipinski definition) is 9. The maximum atomic E-state index is 8.05. The summed E-state index contributed by atoms with van der Waals surface area (Å²) in [6.45, 7) is 1.27. The van der Waals surface area contributed by atoms with Gasteiger partial charge in [-0.25, -0.2) is 25.0 Å². The lowest BCUT2D eigenvalue weighted by Gasteiger charge is -2.44. The highest BCUT2D eigenvalue weighted by Crippen LogP contribution is 2.53. The van der Waals surface area contributed by atoms with Gasteiger partial charge in [-0.2, -0.15) is 0 Å². The van der Waals surface area contributed by atoms with Gasteiger partial charge in [-0.3, -0.25) is 8.80 Å². The summed E-state index contributed by atoms with van der Waals surface area (Å²) < 4.78 is 21.0. The zero-order chi connectivity index (χ0) is 38.4. The van der Waals surface area contributed by atoms with Crippen molar-refractivity contribution in [3.8, 4) is 0 Å². The van der Waals surface area contributed by atoms with Gasteiger partial charge in [0.2, 0.25) is 0 Å². The monoisotopic (exact) mass is 796 g/mol. The molecule has 5 aliphatic heterocycles. The molecule has 296 valence electrons. The molecule has 0 radical (unpaired) electrons. The summed E-state index contributed by atoms with van der Waals surface area (Å²) in [5.74, 6) is 9.47. The van der Waals surface area contributed by atoms with Crippen molar-refractivity contribution in [1.82, 2.24) is 14.1 Å². The van der Waals surface area contributed by atoms with Gasteiger partial charge in [0.15, 0.2) is 17.5 Å². The highest BCUT2D eigenvalue weighted by Gasteiger charge is 2.62. The van der Waals surface area contributed by atoms with Crippen LogP contribution >= 0.6 is 0 Å². The van der Waals surface area contributed by atoms with Gasteiger partial charge in [-0.05, 0) is 99.7 Å². The van der Waals surface area contributed by atoms with Gasteiger partial charge in [0.25, 0.3) is 0 Å². The molecule has 10 nitrogen and oxygen atoms in total. The quantitative estimate of drug-likeness (QED) is 0.252. The fourth-order valence-electron chi connectivity index (χ4n) is 13.1. The van der Waals surface area contributed by atoms with Gasteiger partial charge in [0, 0.05) is 57.4 Å². The van der Waals surface area contributed by atoms with Gasteiger partial charge in [-0.1, -0.05) is 85.7 Å². The van der Waals surface area contributed by atoms with Crippen molar-refractivity contribution in [2.24, 2.45) is 60.5 Å². The summed E-state index contributed by atoms with van der Waals surface area (Å²) in [6, 6.07) is 17.5. The average Bonchev–Trinajstić information content (AvgIpc) is 4.17. The molecule has 4 fully saturated rings. The first kappa shape index (κ1) is 33.8. The van der Waals surface area contributed by atoms with Crippen molar-refractivity contribution >= 4 is 60.5 Å². The van der Waals surface area contributed by atoms with Crippen LogP contribution in [0, 0.1) is 35.5 Å². The molecule has 1 N–H and O–H groups in total. The van der Waals surface area contributed by atoms with E-state index in [4.69, 9.17) is 33.8 Å². The molecule has 6 aliphatic carbocycles. The largest absolute Gasteiger partial charge is 0.599 e. The molecule has 3 aromatic rings. The van der Waals surface area contributed by atoms with Gasteiger partial charge in [0.05, 0.1) is 0 Å². The number of aromatic nitrogens is 1. The smallest absolute Gasteiger partial charge is 0.361 e. The standard InChI is InChI=1S/C48H48N8O2Si/c1-2-10-34-33(9-1)41-49-42(34)52-46-39-15-7-8-16-40(39)48-54-44-36-12-4-3-11-35(36)43(50-44)53-47-38-14-6-5-13-37(38)45(51-41)55(47)59(56(46)48,57-25-31-23-27-17-19-29(31)21-27)58-26-32-24-28-18-20-30(32)22-28/h1,4-9,12-16,27-32,46H,2-3,10-11,17-26H2,(H,49,51,52)/b53-43-,54-48-. The number of fused-ring (bicyclic) bond motifs is 16. The minimum absolute atomic E-state index is 0.376. The maximum absolute atomic E-state index is 8.05. The van der Waals surface area contributed by atoms with E-state index in [1.807, 2.05) is 0 Å². The molecule has 7 unspecified atom stereocenters. The highest BCUT2D eigenvalue weighted by molar-refractivity contribution is 6.68. The second-order valence-corrected chi connectivity index (χ2v) is 21.5. The Labute approximate surface area is 345 Å². The molecule has 14 rings (SSSR count). The number of aliphatic imine (C=N–C) groups is 5. The molecule has 10 bridgehead atoms. The van der Waals surface area contributed by atoms with Crippen LogP contribution in [0.25, 0.3) is 10.8 Å². The predicted molar refractivity (Wildman–Crippen MR) is 233 cm³/mol. The molecule has 59 heavy (non-hydrogen) atoms. The molecule has 0 spiro atoms. The van der Waals surface area contributed by atoms with E-state index in [0.717, 1.165) is 111 Å². The van der Waals surface area contributed by atoms with E-state index < -0.39 is 8.88 Å². The van der Waals surface area contributed by atoms with E-state index in [1.165, 1.54) is 56.9 Å². The molecule has 6 heterocycles. The van der Waals surface area contributed by atoms with Crippen LogP contribution in [0.4, 0.5) is 11.6 Å². The van der Waals surface area contributed by atoms with E-state index >= 15 is 0 Å². The number of amidine groups is 5. The van der Waals surface area contributed by atoms with Crippen LogP contribution in [-0.4, -0.2) is 60.1 Å². The van der Waals surface area contributed by atoms with Crippen LogP contribution in [0.3, 0.4) is 0 Å². The third-order valence-corrected chi connectivity index (χ3v) is 19.0. The first-order valence-corrected chi connectivity index (χ1v) is 24.2. The highest BCUT2D eigenvalue weighted by atomic mass is 28.4. The average molecular weight is 797 g/mol. The number of nitrogens with zero attached hydrogens (tertiary/aromatic N) is 7. The number of nitrogens with one attached hydrogen (secondary N) is 1. The van der Waals surface area contributed by atoms with Gasteiger partial charge < -0.3 is 14.2 Å². The molecule has 7 atom stereocenters. The van der Waals surface area contributed by atoms with Crippen LogP contribution in [0.15, 0.2) is 120 Å². The van der Waals surface area contributed by atoms with Gasteiger partial charge >= 0.3 is 8.88 Å². The summed E-state index contributed by atoms with van der Waals surface area (Å²) in [5, 5.41) is 6.13. The molecule has 11 aliphatic rings. The normalized spacial score (nSPS) is 36.4. The number of rotatable bonds is 6. The van der Waals surface area contributed by atoms with Crippen molar-refractivity contribution < 1.29 is 8.85 Å². The van der Waals surface area contributed by atoms with E-state index in [9.17, 15) is 0 Å². The first-order chi connectivity index (χ1) is 29.2. The molecule has 2 aromatic carbocycles. The third-order valence-electron chi connectivity index (χ3n) is 15.9. The van der Waals surface area contributed by atoms with E-state index in [-0.39, 0.29) is 6.17 Å². The zero-order valence-electron chi connectivity index (χ0n) is 33.3. The molecule has 4 saturated carbocycles. The summed E-state index contributed by atoms with van der Waals surface area (Å²) in [7, 11) is -3.97. The van der Waals surface area contributed by atoms with Crippen LogP contribution in [0.2, 0.25) is 0 Å². The fourth-order valence-corrected chi connectivity index (χ4v) is 16.6. The number of allylic oxidation sites excluding steroid dienone is 2. The minimum Gasteiger partial charge on any atom is -0.361 e. The Morgan fingerprint density at radius 3 is 1.95 bits per heavy atom. The Morgan fingerprint density at radius 1 is 0.644 bits per heavy atom. The Bertz CT molecular complexity index is 2660. The van der Waals surface area contributed by atoms with Gasteiger partial charge in [0.1, 0.15) is 29.5 Å². The second-order valence-electron chi connectivity index (χ2n) is 18.9. The van der Waals surface area contributed by atoms with E-state index in [2.05, 4.69) is 86.9 Å². The Morgan fingerprint density at radius 2 is 1.27 bits per heavy atom. The van der Waals surface area contributed by atoms with Crippen molar-refractivity contribution in [3.05, 3.63) is 106 Å². The van der Waals surface area contributed by atoms with Crippen LogP contribution in [0.1, 0.15) is 94.3 Å². The van der Waals surface area contributed by atoms with Crippen molar-refractivity contribution in [2.75, 3.05) is 13.2 Å². The topological polar surface area (TPSA) is 100 Å². The first-order valence-electron chi connectivity index (χ1n) is 22.5. The Kier molecular flexibility index (Phi) is 7.18. The summed E-state index contributed by atoms with van der Waals surface area (Å²) >= 11 is 0. The lowest BCUT2D eigenvalue weighted by molar-refractivity contribution is 0.0621. The Balaban J connectivity index is 1.10. The maximum Gasteiger partial charge on any atom is 0.599 e. The second kappa shape index (κ2) is 12.5. The molecule has 1 aromatic heterocycles. The summed E-state index contributed by atoms with van der Waals surface area (Å²) in [5.41, 5.74) is 6.74. The van der Waals surface area contributed by atoms with Crippen LogP contribution in [0.5, 0.6) is 0 Å². The van der Waals surface area contributed by atoms with Crippen molar-refractivity contribution in [2.45, 2.75) is 83.2 Å². The zero-order valence-corrected chi connectivity index (χ0v) is 34.3. The lowest BCUT2D eigenvalue weighted by atomic mass is 9.90. The van der Waals surface area contributed by atoms with Crippen molar-refractivity contribution in [1.29, 1.82) is 0 Å². The number of benzene rings is 2. The van der Waals surface area contributed by atoms with Crippen LogP contribution in [-0.2, 0) is 8.85 Å². The molecular weight excluding hydrogens is 749 g/mol. The summed E-state index contributed by atoms with van der Waals surface area (Å²) in [6.07, 6.45) is 22.7. The van der Waals surface area contributed by atoms with Gasteiger partial charge in [-0.15, -0.1) is 0 Å². The number of hydrogen-bond donors (Lipinski definition) is 1. The predicted octanol–water partition coefficient (Wildman–Crippen LogP) is 9.39. The Hall–Kier alpha value is -4.97. The fraction of sp³-hybridized carbons (Fsp3) is 0.438. The SMILES string of the molecule is C1=CC2=C(CC1)C1=N/C2=N\c2c3ccccc3c3n2[Si](OCC2CC4CCC2C4)(OCC2CC4CCC2C4)N2/C(=N\C4=NC(=N\3)/C3=C4C=CCC3)c3ccccc3C2N1. The molecular formula is C48H48N8O2Si. The molecule has 0 saturated heterocycles. The lowest BCUT2D eigenvalue weighted by Crippen LogP contribution is -2.68. The van der Waals surface area contributed by atoms with Crippen LogP contribution < -0.4 is 5.32 Å². The van der Waals surface area contributed by atoms with E-state index in [0.29, 0.717) is 42.7 Å². The molecule has 11 heteroatoms. The van der Waals surface area contributed by atoms with Crippen molar-refractivity contribution in [3.63, 3.8) is 0 Å². The van der Waals surface area contributed by atoms with E-state index in [1.54, 1.807) is 0 Å².